The Morgan fingerprint density at radius 3 is 2.50 bits per heavy atom. The van der Waals surface area contributed by atoms with Crippen molar-refractivity contribution in [1.82, 2.24) is 0 Å². The summed E-state index contributed by atoms with van der Waals surface area (Å²) in [6.45, 7) is 1.51. The fourth-order valence-corrected chi connectivity index (χ4v) is 3.63. The average Bonchev–Trinajstić information content (AvgIpc) is 3.08. The third kappa shape index (κ3) is 3.59. The molecule has 0 fully saturated rings. The minimum Gasteiger partial charge on any atom is -0.478 e. The predicted octanol–water partition coefficient (Wildman–Crippen LogP) is 5.54. The lowest BCUT2D eigenvalue weighted by Crippen LogP contribution is -2.14. The van der Waals surface area contributed by atoms with E-state index < -0.39 is 5.97 Å². The number of nitrogen functional groups attached to an aromatic ring is 1. The highest BCUT2D eigenvalue weighted by molar-refractivity contribution is 6.42. The monoisotopic (exact) mass is 413 g/mol. The number of nitrogens with one attached hydrogen (secondary N) is 1. The highest BCUT2D eigenvalue weighted by Crippen LogP contribution is 2.34. The fourth-order valence-electron chi connectivity index (χ4n) is 3.34. The van der Waals surface area contributed by atoms with Crippen molar-refractivity contribution >= 4 is 51.9 Å². The summed E-state index contributed by atoms with van der Waals surface area (Å²) >= 11 is 12.2. The van der Waals surface area contributed by atoms with Crippen molar-refractivity contribution in [1.29, 1.82) is 0 Å². The van der Waals surface area contributed by atoms with Crippen molar-refractivity contribution in [3.63, 3.8) is 0 Å². The molecule has 7 heteroatoms. The number of aromatic carboxylic acids is 1. The maximum absolute atomic E-state index is 11.5. The Hall–Kier alpha value is -2.89. The van der Waals surface area contributed by atoms with E-state index in [1.807, 2.05) is 30.3 Å². The molecule has 28 heavy (non-hydrogen) atoms. The number of carboxylic acids is 1. The third-order valence-corrected chi connectivity index (χ3v) is 5.49. The molecule has 0 spiro atoms. The van der Waals surface area contributed by atoms with Gasteiger partial charge in [-0.15, -0.1) is 0 Å². The molecule has 1 heterocycles. The molecule has 0 aromatic heterocycles. The van der Waals surface area contributed by atoms with Crippen molar-refractivity contribution < 1.29 is 9.90 Å². The quantitative estimate of drug-likeness (QED) is 0.489. The third-order valence-electron chi connectivity index (χ3n) is 4.75. The van der Waals surface area contributed by atoms with E-state index >= 15 is 0 Å². The Kier molecular flexibility index (Phi) is 4.79. The van der Waals surface area contributed by atoms with Gasteiger partial charge in [-0.3, -0.25) is 0 Å². The Bertz CT molecular complexity index is 1090. The van der Waals surface area contributed by atoms with Gasteiger partial charge in [-0.05, 0) is 59.7 Å². The number of anilines is 4. The van der Waals surface area contributed by atoms with E-state index in [1.54, 1.807) is 18.2 Å². The Balaban J connectivity index is 1.57. The average molecular weight is 414 g/mol. The van der Waals surface area contributed by atoms with Crippen molar-refractivity contribution in [3.05, 3.63) is 81.3 Å². The molecule has 0 radical (unpaired) electrons. The molecule has 0 atom stereocenters. The van der Waals surface area contributed by atoms with Crippen LogP contribution in [0.25, 0.3) is 0 Å². The molecule has 0 bridgehead atoms. The van der Waals surface area contributed by atoms with Gasteiger partial charge in [-0.2, -0.15) is 0 Å². The lowest BCUT2D eigenvalue weighted by atomic mass is 10.1. The van der Waals surface area contributed by atoms with Crippen LogP contribution in [-0.2, 0) is 13.1 Å². The van der Waals surface area contributed by atoms with Crippen molar-refractivity contribution in [2.24, 2.45) is 0 Å². The zero-order valence-electron chi connectivity index (χ0n) is 14.7. The van der Waals surface area contributed by atoms with E-state index in [0.717, 1.165) is 24.5 Å². The van der Waals surface area contributed by atoms with Crippen LogP contribution < -0.4 is 16.0 Å². The summed E-state index contributed by atoms with van der Waals surface area (Å²) < 4.78 is 0. The van der Waals surface area contributed by atoms with E-state index in [4.69, 9.17) is 28.9 Å². The Labute approximate surface area is 172 Å². The summed E-state index contributed by atoms with van der Waals surface area (Å²) in [4.78, 5) is 13.7. The Morgan fingerprint density at radius 2 is 1.75 bits per heavy atom. The van der Waals surface area contributed by atoms with Crippen LogP contribution in [0.15, 0.2) is 54.6 Å². The van der Waals surface area contributed by atoms with Gasteiger partial charge in [0.05, 0.1) is 21.3 Å². The highest BCUT2D eigenvalue weighted by Gasteiger charge is 2.20. The van der Waals surface area contributed by atoms with Gasteiger partial charge in [0.25, 0.3) is 0 Å². The maximum Gasteiger partial charge on any atom is 0.337 e. The first kappa shape index (κ1) is 18.5. The number of nitrogens with zero attached hydrogens (tertiary/aromatic N) is 1. The van der Waals surface area contributed by atoms with E-state index in [2.05, 4.69) is 10.2 Å². The van der Waals surface area contributed by atoms with Crippen LogP contribution in [0.1, 0.15) is 21.5 Å². The van der Waals surface area contributed by atoms with E-state index in [0.29, 0.717) is 21.4 Å². The molecule has 0 amide bonds. The molecule has 1 aliphatic rings. The summed E-state index contributed by atoms with van der Waals surface area (Å²) in [6, 6.07) is 16.4. The fraction of sp³-hybridized carbons (Fsp3) is 0.0952. The molecular weight excluding hydrogens is 397 g/mol. The number of carbonyl (C=O) groups is 1. The number of benzene rings is 3. The molecule has 5 nitrogen and oxygen atoms in total. The van der Waals surface area contributed by atoms with E-state index in [9.17, 15) is 9.90 Å². The number of hydrogen-bond acceptors (Lipinski definition) is 4. The molecule has 1 aliphatic heterocycles. The van der Waals surface area contributed by atoms with Crippen LogP contribution in [-0.4, -0.2) is 11.1 Å². The smallest absolute Gasteiger partial charge is 0.337 e. The molecule has 3 aromatic carbocycles. The van der Waals surface area contributed by atoms with E-state index in [1.165, 1.54) is 17.2 Å². The van der Waals surface area contributed by atoms with Gasteiger partial charge in [0.1, 0.15) is 0 Å². The first-order chi connectivity index (χ1) is 13.4. The molecule has 4 rings (SSSR count). The van der Waals surface area contributed by atoms with Crippen LogP contribution in [0.3, 0.4) is 0 Å². The molecule has 3 aromatic rings. The van der Waals surface area contributed by atoms with E-state index in [-0.39, 0.29) is 5.56 Å². The van der Waals surface area contributed by atoms with Crippen LogP contribution in [0, 0.1) is 0 Å². The lowest BCUT2D eigenvalue weighted by Gasteiger charge is -2.18. The second-order valence-electron chi connectivity index (χ2n) is 6.67. The summed E-state index contributed by atoms with van der Waals surface area (Å²) in [5.41, 5.74) is 11.0. The molecule has 0 unspecified atom stereocenters. The minimum atomic E-state index is -1.03. The van der Waals surface area contributed by atoms with Crippen LogP contribution in [0.4, 0.5) is 22.7 Å². The number of rotatable bonds is 4. The normalized spacial score (nSPS) is 12.7. The number of hydrogen-bond donors (Lipinski definition) is 3. The van der Waals surface area contributed by atoms with Crippen molar-refractivity contribution in [3.8, 4) is 0 Å². The summed E-state index contributed by atoms with van der Waals surface area (Å²) in [7, 11) is 0. The summed E-state index contributed by atoms with van der Waals surface area (Å²) in [6.07, 6.45) is 0. The van der Waals surface area contributed by atoms with Crippen molar-refractivity contribution in [2.45, 2.75) is 13.1 Å². The van der Waals surface area contributed by atoms with Gasteiger partial charge < -0.3 is 21.1 Å². The van der Waals surface area contributed by atoms with Gasteiger partial charge in [0.15, 0.2) is 0 Å². The van der Waals surface area contributed by atoms with Gasteiger partial charge >= 0.3 is 5.97 Å². The molecule has 0 saturated carbocycles. The number of carboxylic acid groups (broad SMARTS) is 1. The van der Waals surface area contributed by atoms with Crippen LogP contribution >= 0.6 is 23.2 Å². The molecule has 4 N–H and O–H groups in total. The molecule has 142 valence electrons. The summed E-state index contributed by atoms with van der Waals surface area (Å²) in [5, 5.41) is 13.7. The number of fused-ring (bicyclic) bond motifs is 1. The zero-order chi connectivity index (χ0) is 19.8. The SMILES string of the molecule is Nc1ccc(Nc2ccc3c(c2)CN(c2ccc(Cl)c(Cl)c2)C3)c(C(=O)O)c1. The maximum atomic E-state index is 11.5. The number of nitrogens with two attached hydrogens (primary N) is 1. The topological polar surface area (TPSA) is 78.6 Å². The second-order valence-corrected chi connectivity index (χ2v) is 7.49. The van der Waals surface area contributed by atoms with Gasteiger partial charge in [-0.1, -0.05) is 29.3 Å². The largest absolute Gasteiger partial charge is 0.478 e. The highest BCUT2D eigenvalue weighted by atomic mass is 35.5. The first-order valence-corrected chi connectivity index (χ1v) is 9.38. The summed E-state index contributed by atoms with van der Waals surface area (Å²) in [5.74, 6) is -1.03. The van der Waals surface area contributed by atoms with Crippen LogP contribution in [0.2, 0.25) is 10.0 Å². The Morgan fingerprint density at radius 1 is 0.964 bits per heavy atom. The number of halogens is 2. The van der Waals surface area contributed by atoms with Gasteiger partial charge in [-0.25, -0.2) is 4.79 Å². The van der Waals surface area contributed by atoms with Gasteiger partial charge in [0, 0.05) is 30.2 Å². The van der Waals surface area contributed by atoms with Crippen molar-refractivity contribution in [2.75, 3.05) is 16.0 Å². The second kappa shape index (κ2) is 7.26. The molecular formula is C21H17Cl2N3O2. The predicted molar refractivity (Wildman–Crippen MR) is 114 cm³/mol. The zero-order valence-corrected chi connectivity index (χ0v) is 16.3. The van der Waals surface area contributed by atoms with Gasteiger partial charge in [0.2, 0.25) is 0 Å². The first-order valence-electron chi connectivity index (χ1n) is 8.62. The lowest BCUT2D eigenvalue weighted by molar-refractivity contribution is 0.0698. The molecule has 0 saturated heterocycles. The standard InChI is InChI=1S/C21H17Cl2N3O2/c22-18-5-4-16(9-19(18)23)26-10-12-1-3-15(7-13(12)11-26)25-20-6-2-14(24)8-17(20)21(27)28/h1-9,25H,10-11,24H2,(H,27,28). The minimum absolute atomic E-state index is 0.137. The molecule has 0 aliphatic carbocycles. The van der Waals surface area contributed by atoms with Crippen LogP contribution in [0.5, 0.6) is 0 Å².